The van der Waals surface area contributed by atoms with E-state index in [1.54, 1.807) is 18.3 Å². The maximum atomic E-state index is 11.4. The zero-order valence-corrected chi connectivity index (χ0v) is 13.7. The van der Waals surface area contributed by atoms with Gasteiger partial charge in [-0.25, -0.2) is 4.98 Å². The molecule has 0 unspecified atom stereocenters. The summed E-state index contributed by atoms with van der Waals surface area (Å²) in [6, 6.07) is 10.4. The van der Waals surface area contributed by atoms with E-state index in [0.29, 0.717) is 10.8 Å². The second kappa shape index (κ2) is 6.21. The van der Waals surface area contributed by atoms with Gasteiger partial charge in [0.1, 0.15) is 5.75 Å². The highest BCUT2D eigenvalue weighted by atomic mass is 32.1. The fraction of sp³-hybridized carbons (Fsp3) is 0.0588. The summed E-state index contributed by atoms with van der Waals surface area (Å²) in [6.45, 7) is 1.96. The number of benzene rings is 2. The van der Waals surface area contributed by atoms with Gasteiger partial charge in [-0.15, -0.1) is 0 Å². The average molecular weight is 340 g/mol. The average Bonchev–Trinajstić information content (AvgIpc) is 3.00. The zero-order valence-electron chi connectivity index (χ0n) is 12.9. The van der Waals surface area contributed by atoms with Gasteiger partial charge in [-0.05, 0) is 42.3 Å². The number of nitrogens with two attached hydrogens (primary N) is 2. The number of aryl methyl sites for hydroxylation is 1. The first kappa shape index (κ1) is 15.8. The number of para-hydroxylation sites is 1. The van der Waals surface area contributed by atoms with Crippen LogP contribution in [0.15, 0.2) is 42.6 Å². The Kier molecular flexibility index (Phi) is 4.09. The normalized spacial score (nSPS) is 10.5. The van der Waals surface area contributed by atoms with Crippen molar-refractivity contribution >= 4 is 33.8 Å². The Balaban J connectivity index is 1.91. The molecule has 1 amide bonds. The lowest BCUT2D eigenvalue weighted by Crippen LogP contribution is -2.11. The number of thiazole rings is 1. The van der Waals surface area contributed by atoms with Crippen LogP contribution in [-0.2, 0) is 0 Å². The molecule has 0 aliphatic heterocycles. The molecule has 0 aliphatic rings. The van der Waals surface area contributed by atoms with Crippen LogP contribution in [0.1, 0.15) is 15.9 Å². The van der Waals surface area contributed by atoms with E-state index in [2.05, 4.69) is 10.3 Å². The molecule has 1 aromatic heterocycles. The zero-order chi connectivity index (χ0) is 17.3. The van der Waals surface area contributed by atoms with Crippen molar-refractivity contribution < 1.29 is 9.90 Å². The molecule has 3 rings (SSSR count). The Bertz CT molecular complexity index is 900. The van der Waals surface area contributed by atoms with Crippen LogP contribution in [0.2, 0.25) is 0 Å². The summed E-state index contributed by atoms with van der Waals surface area (Å²) in [6.07, 6.45) is 1.69. The number of anilines is 3. The van der Waals surface area contributed by atoms with Gasteiger partial charge >= 0.3 is 0 Å². The summed E-state index contributed by atoms with van der Waals surface area (Å²) in [7, 11) is 0. The van der Waals surface area contributed by atoms with Crippen LogP contribution in [0.4, 0.5) is 16.5 Å². The Labute approximate surface area is 142 Å². The number of carbonyl (C=O) groups excluding carboxylic acids is 1. The summed E-state index contributed by atoms with van der Waals surface area (Å²) >= 11 is 1.41. The molecule has 0 atom stereocenters. The fourth-order valence-corrected chi connectivity index (χ4v) is 3.14. The Hall–Kier alpha value is -3.06. The third kappa shape index (κ3) is 3.02. The standard InChI is InChI=1S/C17H16N4O2S/c1-9-3-2-4-12(18)15(9)21-17-20-8-14(24-17)10-5-6-13(22)11(7-10)16(19)23/h2-8,22H,18H2,1H3,(H2,19,23)(H,20,21). The number of phenols is 1. The van der Waals surface area contributed by atoms with Gasteiger partial charge in [-0.1, -0.05) is 23.5 Å². The number of nitrogens with zero attached hydrogens (tertiary/aromatic N) is 1. The number of amides is 1. The van der Waals surface area contributed by atoms with Crippen molar-refractivity contribution in [1.29, 1.82) is 0 Å². The Morgan fingerprint density at radius 3 is 2.79 bits per heavy atom. The first-order valence-electron chi connectivity index (χ1n) is 7.17. The van der Waals surface area contributed by atoms with Gasteiger partial charge < -0.3 is 21.9 Å². The maximum absolute atomic E-state index is 11.4. The molecule has 6 nitrogen and oxygen atoms in total. The number of aromatic hydroxyl groups is 1. The van der Waals surface area contributed by atoms with Gasteiger partial charge in [-0.3, -0.25) is 4.79 Å². The number of nitrogens with one attached hydrogen (secondary N) is 1. The predicted octanol–water partition coefficient (Wildman–Crippen LogP) is 3.25. The first-order valence-corrected chi connectivity index (χ1v) is 7.98. The summed E-state index contributed by atoms with van der Waals surface area (Å²) < 4.78 is 0. The van der Waals surface area contributed by atoms with Crippen molar-refractivity contribution in [2.45, 2.75) is 6.92 Å². The van der Waals surface area contributed by atoms with Crippen LogP contribution < -0.4 is 16.8 Å². The van der Waals surface area contributed by atoms with Crippen LogP contribution in [0, 0.1) is 6.92 Å². The topological polar surface area (TPSA) is 114 Å². The second-order valence-electron chi connectivity index (χ2n) is 5.29. The molecule has 2 aromatic carbocycles. The molecule has 6 N–H and O–H groups in total. The molecule has 3 aromatic rings. The van der Waals surface area contributed by atoms with Crippen molar-refractivity contribution in [3.63, 3.8) is 0 Å². The van der Waals surface area contributed by atoms with Gasteiger partial charge in [0.15, 0.2) is 5.13 Å². The van der Waals surface area contributed by atoms with E-state index in [9.17, 15) is 9.90 Å². The molecule has 0 bridgehead atoms. The highest BCUT2D eigenvalue weighted by Crippen LogP contribution is 2.34. The van der Waals surface area contributed by atoms with Crippen LogP contribution in [0.3, 0.4) is 0 Å². The van der Waals surface area contributed by atoms with Crippen molar-refractivity contribution in [2.75, 3.05) is 11.1 Å². The molecule has 0 spiro atoms. The largest absolute Gasteiger partial charge is 0.507 e. The molecule has 0 saturated carbocycles. The minimum absolute atomic E-state index is 0.0820. The highest BCUT2D eigenvalue weighted by molar-refractivity contribution is 7.19. The van der Waals surface area contributed by atoms with Gasteiger partial charge in [0.05, 0.1) is 21.8 Å². The third-order valence-electron chi connectivity index (χ3n) is 3.59. The number of aromatic nitrogens is 1. The van der Waals surface area contributed by atoms with Crippen molar-refractivity contribution in [2.24, 2.45) is 5.73 Å². The van der Waals surface area contributed by atoms with Crippen LogP contribution in [0.25, 0.3) is 10.4 Å². The molecular weight excluding hydrogens is 324 g/mol. The van der Waals surface area contributed by atoms with Gasteiger partial charge in [0.2, 0.25) is 0 Å². The quantitative estimate of drug-likeness (QED) is 0.544. The van der Waals surface area contributed by atoms with E-state index in [-0.39, 0.29) is 11.3 Å². The van der Waals surface area contributed by atoms with Crippen LogP contribution in [-0.4, -0.2) is 16.0 Å². The van der Waals surface area contributed by atoms with E-state index in [1.165, 1.54) is 17.4 Å². The van der Waals surface area contributed by atoms with Gasteiger partial charge in [0, 0.05) is 6.20 Å². The maximum Gasteiger partial charge on any atom is 0.252 e. The highest BCUT2D eigenvalue weighted by Gasteiger charge is 2.12. The van der Waals surface area contributed by atoms with E-state index >= 15 is 0 Å². The Morgan fingerprint density at radius 2 is 2.08 bits per heavy atom. The second-order valence-corrected chi connectivity index (χ2v) is 6.32. The first-order chi connectivity index (χ1) is 11.5. The number of carbonyl (C=O) groups is 1. The molecule has 7 heteroatoms. The lowest BCUT2D eigenvalue weighted by molar-refractivity contribution is 0.0998. The van der Waals surface area contributed by atoms with Crippen molar-refractivity contribution in [3.8, 4) is 16.2 Å². The molecule has 0 radical (unpaired) electrons. The summed E-state index contributed by atoms with van der Waals surface area (Å²) in [5.41, 5.74) is 14.6. The summed E-state index contributed by atoms with van der Waals surface area (Å²) in [5, 5.41) is 13.6. The molecule has 0 aliphatic carbocycles. The SMILES string of the molecule is Cc1cccc(N)c1Nc1ncc(-c2ccc(O)c(C(N)=O)c2)s1. The molecule has 0 saturated heterocycles. The fourth-order valence-electron chi connectivity index (χ4n) is 2.32. The van der Waals surface area contributed by atoms with Crippen molar-refractivity contribution in [1.82, 2.24) is 4.98 Å². The summed E-state index contributed by atoms with van der Waals surface area (Å²) in [4.78, 5) is 16.5. The van der Waals surface area contributed by atoms with Gasteiger partial charge in [0.25, 0.3) is 5.91 Å². The molecule has 0 fully saturated rings. The minimum atomic E-state index is -0.676. The number of primary amides is 1. The van der Waals surface area contributed by atoms with Crippen molar-refractivity contribution in [3.05, 3.63) is 53.7 Å². The van der Waals surface area contributed by atoms with E-state index in [0.717, 1.165) is 21.7 Å². The monoisotopic (exact) mass is 340 g/mol. The molecule has 24 heavy (non-hydrogen) atoms. The lowest BCUT2D eigenvalue weighted by Gasteiger charge is -2.09. The third-order valence-corrected chi connectivity index (χ3v) is 4.55. The van der Waals surface area contributed by atoms with E-state index in [1.807, 2.05) is 25.1 Å². The lowest BCUT2D eigenvalue weighted by atomic mass is 10.1. The van der Waals surface area contributed by atoms with Crippen LogP contribution in [0.5, 0.6) is 5.75 Å². The number of hydrogen-bond acceptors (Lipinski definition) is 6. The predicted molar refractivity (Wildman–Crippen MR) is 96.6 cm³/mol. The number of hydrogen-bond donors (Lipinski definition) is 4. The molecular formula is C17H16N4O2S. The summed E-state index contributed by atoms with van der Waals surface area (Å²) in [5.74, 6) is -0.813. The number of nitrogen functional groups attached to an aromatic ring is 1. The smallest absolute Gasteiger partial charge is 0.252 e. The Morgan fingerprint density at radius 1 is 1.29 bits per heavy atom. The van der Waals surface area contributed by atoms with Crippen LogP contribution >= 0.6 is 11.3 Å². The molecule has 122 valence electrons. The minimum Gasteiger partial charge on any atom is -0.507 e. The van der Waals surface area contributed by atoms with Gasteiger partial charge in [-0.2, -0.15) is 0 Å². The number of rotatable bonds is 4. The van der Waals surface area contributed by atoms with E-state index < -0.39 is 5.91 Å². The van der Waals surface area contributed by atoms with E-state index in [4.69, 9.17) is 11.5 Å². The molecule has 1 heterocycles.